The second-order valence-electron chi connectivity index (χ2n) is 3.45. The van der Waals surface area contributed by atoms with Gasteiger partial charge in [-0.15, -0.1) is 10.2 Å². The van der Waals surface area contributed by atoms with E-state index in [1.165, 1.54) is 30.5 Å². The van der Waals surface area contributed by atoms with Crippen molar-refractivity contribution in [3.05, 3.63) is 5.82 Å². The summed E-state index contributed by atoms with van der Waals surface area (Å²) in [5, 5.41) is 20.7. The van der Waals surface area contributed by atoms with Crippen molar-refractivity contribution in [2.24, 2.45) is 0 Å². The molecule has 1 aromatic rings. The highest BCUT2D eigenvalue weighted by Crippen LogP contribution is 2.31. The van der Waals surface area contributed by atoms with Crippen LogP contribution < -0.4 is 0 Å². The molecule has 72 valence electrons. The molecule has 13 heavy (non-hydrogen) atoms. The molecule has 0 unspecified atom stereocenters. The van der Waals surface area contributed by atoms with Gasteiger partial charge in [0.15, 0.2) is 5.82 Å². The third-order valence-electron chi connectivity index (χ3n) is 2.49. The summed E-state index contributed by atoms with van der Waals surface area (Å²) in [6.45, 7) is 0.514. The third-order valence-corrected chi connectivity index (χ3v) is 2.49. The Morgan fingerprint density at radius 2 is 2.15 bits per heavy atom. The van der Waals surface area contributed by atoms with Crippen LogP contribution in [0.25, 0.3) is 0 Å². The Kier molecular flexibility index (Phi) is 2.54. The van der Waals surface area contributed by atoms with Gasteiger partial charge in [0.2, 0.25) is 0 Å². The van der Waals surface area contributed by atoms with Crippen molar-refractivity contribution in [3.63, 3.8) is 0 Å². The molecular weight excluding hydrogens is 168 g/mol. The molecular formula is C8H14N4O. The molecule has 0 bridgehead atoms. The van der Waals surface area contributed by atoms with Crippen LogP contribution in [0.3, 0.4) is 0 Å². The van der Waals surface area contributed by atoms with Gasteiger partial charge < -0.3 is 5.11 Å². The second kappa shape index (κ2) is 3.83. The van der Waals surface area contributed by atoms with Gasteiger partial charge >= 0.3 is 0 Å². The molecule has 0 aliphatic heterocycles. The van der Waals surface area contributed by atoms with Crippen LogP contribution in [-0.4, -0.2) is 31.9 Å². The predicted octanol–water partition coefficient (Wildman–Crippen LogP) is 0.323. The monoisotopic (exact) mass is 182 g/mol. The van der Waals surface area contributed by atoms with Crippen LogP contribution in [-0.2, 0) is 6.54 Å². The van der Waals surface area contributed by atoms with Gasteiger partial charge in [-0.1, -0.05) is 12.8 Å². The Morgan fingerprint density at radius 3 is 2.85 bits per heavy atom. The second-order valence-corrected chi connectivity index (χ2v) is 3.45. The highest BCUT2D eigenvalue weighted by molar-refractivity contribution is 4.93. The molecule has 1 heterocycles. The van der Waals surface area contributed by atoms with Crippen LogP contribution in [0.15, 0.2) is 0 Å². The van der Waals surface area contributed by atoms with E-state index >= 15 is 0 Å². The molecule has 0 spiro atoms. The van der Waals surface area contributed by atoms with E-state index in [1.54, 1.807) is 0 Å². The number of aliphatic hydroxyl groups is 1. The molecule has 5 nitrogen and oxygen atoms in total. The van der Waals surface area contributed by atoms with Crippen molar-refractivity contribution in [3.8, 4) is 0 Å². The lowest BCUT2D eigenvalue weighted by Gasteiger charge is -1.99. The Hall–Kier alpha value is -0.970. The molecule has 0 aromatic carbocycles. The van der Waals surface area contributed by atoms with Crippen LogP contribution in [0.4, 0.5) is 0 Å². The zero-order valence-corrected chi connectivity index (χ0v) is 7.56. The summed E-state index contributed by atoms with van der Waals surface area (Å²) in [7, 11) is 0. The van der Waals surface area contributed by atoms with Gasteiger partial charge in [-0.25, -0.2) is 0 Å². The van der Waals surface area contributed by atoms with Gasteiger partial charge in [-0.3, -0.25) is 0 Å². The number of hydrogen-bond acceptors (Lipinski definition) is 4. The highest BCUT2D eigenvalue weighted by atomic mass is 16.3. The first-order valence-electron chi connectivity index (χ1n) is 4.78. The molecule has 1 fully saturated rings. The molecule has 1 N–H and O–H groups in total. The first-order chi connectivity index (χ1) is 6.40. The number of aliphatic hydroxyl groups excluding tert-OH is 1. The normalized spacial score (nSPS) is 18.2. The summed E-state index contributed by atoms with van der Waals surface area (Å²) in [5.41, 5.74) is 0. The minimum atomic E-state index is 0.0699. The van der Waals surface area contributed by atoms with E-state index in [2.05, 4.69) is 15.4 Å². The van der Waals surface area contributed by atoms with E-state index in [4.69, 9.17) is 5.11 Å². The molecule has 0 saturated heterocycles. The lowest BCUT2D eigenvalue weighted by Crippen LogP contribution is -2.06. The molecule has 1 aliphatic rings. The van der Waals surface area contributed by atoms with Crippen LogP contribution in [0, 0.1) is 0 Å². The van der Waals surface area contributed by atoms with Gasteiger partial charge in [0.05, 0.1) is 13.2 Å². The van der Waals surface area contributed by atoms with E-state index in [-0.39, 0.29) is 6.61 Å². The third kappa shape index (κ3) is 1.85. The van der Waals surface area contributed by atoms with Crippen molar-refractivity contribution in [2.75, 3.05) is 6.61 Å². The maximum Gasteiger partial charge on any atom is 0.177 e. The SMILES string of the molecule is OCCn1nnc(C2CCCC2)n1. The van der Waals surface area contributed by atoms with Crippen molar-refractivity contribution < 1.29 is 5.11 Å². The van der Waals surface area contributed by atoms with E-state index in [0.29, 0.717) is 12.5 Å². The average Bonchev–Trinajstić information content (AvgIpc) is 2.70. The molecule has 0 amide bonds. The maximum atomic E-state index is 8.67. The molecule has 0 radical (unpaired) electrons. The fourth-order valence-corrected chi connectivity index (χ4v) is 1.79. The van der Waals surface area contributed by atoms with E-state index < -0.39 is 0 Å². The standard InChI is InChI=1S/C8H14N4O/c13-6-5-12-10-8(9-11-12)7-3-1-2-4-7/h7,13H,1-6H2. The van der Waals surface area contributed by atoms with E-state index in [1.807, 2.05) is 0 Å². The number of nitrogens with zero attached hydrogens (tertiary/aromatic N) is 4. The highest BCUT2D eigenvalue weighted by Gasteiger charge is 2.21. The van der Waals surface area contributed by atoms with Crippen LogP contribution in [0.2, 0.25) is 0 Å². The number of hydrogen-bond donors (Lipinski definition) is 1. The summed E-state index contributed by atoms with van der Waals surface area (Å²) < 4.78 is 0. The number of tetrazole rings is 1. The summed E-state index contributed by atoms with van der Waals surface area (Å²) in [6, 6.07) is 0. The average molecular weight is 182 g/mol. The molecule has 0 atom stereocenters. The van der Waals surface area contributed by atoms with Crippen molar-refractivity contribution in [1.82, 2.24) is 20.2 Å². The number of rotatable bonds is 3. The Labute approximate surface area is 76.8 Å². The minimum absolute atomic E-state index is 0.0699. The smallest absolute Gasteiger partial charge is 0.177 e. The van der Waals surface area contributed by atoms with Gasteiger partial charge in [0.25, 0.3) is 0 Å². The Balaban J connectivity index is 2.03. The maximum absolute atomic E-state index is 8.67. The molecule has 5 heteroatoms. The van der Waals surface area contributed by atoms with Crippen LogP contribution in [0.1, 0.15) is 37.4 Å². The largest absolute Gasteiger partial charge is 0.394 e. The summed E-state index contributed by atoms with van der Waals surface area (Å²) in [6.07, 6.45) is 4.92. The number of aromatic nitrogens is 4. The fourth-order valence-electron chi connectivity index (χ4n) is 1.79. The zero-order chi connectivity index (χ0) is 9.10. The molecule has 1 saturated carbocycles. The van der Waals surface area contributed by atoms with E-state index in [9.17, 15) is 0 Å². The first kappa shape index (κ1) is 8.62. The Morgan fingerprint density at radius 1 is 1.38 bits per heavy atom. The summed E-state index contributed by atoms with van der Waals surface area (Å²) in [5.74, 6) is 1.36. The zero-order valence-electron chi connectivity index (χ0n) is 7.56. The summed E-state index contributed by atoms with van der Waals surface area (Å²) in [4.78, 5) is 1.47. The van der Waals surface area contributed by atoms with E-state index in [0.717, 1.165) is 5.82 Å². The van der Waals surface area contributed by atoms with Gasteiger partial charge in [0, 0.05) is 5.92 Å². The molecule has 2 rings (SSSR count). The molecule has 1 aliphatic carbocycles. The predicted molar refractivity (Wildman–Crippen MR) is 46.1 cm³/mol. The van der Waals surface area contributed by atoms with Crippen molar-refractivity contribution >= 4 is 0 Å². The topological polar surface area (TPSA) is 63.8 Å². The lowest BCUT2D eigenvalue weighted by atomic mass is 10.1. The van der Waals surface area contributed by atoms with Gasteiger partial charge in [-0.05, 0) is 18.1 Å². The van der Waals surface area contributed by atoms with Crippen LogP contribution in [0.5, 0.6) is 0 Å². The Bertz CT molecular complexity index is 267. The molecule has 1 aromatic heterocycles. The lowest BCUT2D eigenvalue weighted by molar-refractivity contribution is 0.259. The van der Waals surface area contributed by atoms with Gasteiger partial charge in [-0.2, -0.15) is 4.80 Å². The minimum Gasteiger partial charge on any atom is -0.394 e. The van der Waals surface area contributed by atoms with Crippen molar-refractivity contribution in [2.45, 2.75) is 38.1 Å². The fraction of sp³-hybridized carbons (Fsp3) is 0.875. The first-order valence-corrected chi connectivity index (χ1v) is 4.78. The van der Waals surface area contributed by atoms with Gasteiger partial charge in [0.1, 0.15) is 0 Å². The quantitative estimate of drug-likeness (QED) is 0.731. The van der Waals surface area contributed by atoms with Crippen LogP contribution >= 0.6 is 0 Å². The summed E-state index contributed by atoms with van der Waals surface area (Å²) >= 11 is 0. The van der Waals surface area contributed by atoms with Crippen molar-refractivity contribution in [1.29, 1.82) is 0 Å².